The first-order valence-corrected chi connectivity index (χ1v) is 8.35. The van der Waals surface area contributed by atoms with E-state index in [1.807, 2.05) is 40.0 Å². The number of aromatic amines is 1. The third-order valence-corrected chi connectivity index (χ3v) is 5.01. The molecule has 1 heterocycles. The van der Waals surface area contributed by atoms with Crippen LogP contribution in [0, 0.1) is 18.3 Å². The summed E-state index contributed by atoms with van der Waals surface area (Å²) in [4.78, 5) is 27.2. The maximum Gasteiger partial charge on any atom is 0.407 e. The van der Waals surface area contributed by atoms with Gasteiger partial charge in [-0.1, -0.05) is 0 Å². The molecule has 1 amide bonds. The summed E-state index contributed by atoms with van der Waals surface area (Å²) in [6.07, 6.45) is 5.28. The maximum absolute atomic E-state index is 12.4. The van der Waals surface area contributed by atoms with E-state index in [9.17, 15) is 9.59 Å². The molecule has 0 radical (unpaired) electrons. The first-order chi connectivity index (χ1) is 10.7. The summed E-state index contributed by atoms with van der Waals surface area (Å²) in [5.74, 6) is 0.372. The standard InChI is InChI=1S/C18H26N2O3/c1-11-5-6-19-14(11)15(21)12-7-18(8-12)9-13(10-18)20-16(22)23-17(2,3)4/h5-6,12-13,19H,7-10H2,1-4H3,(H,20,22). The molecule has 5 nitrogen and oxygen atoms in total. The molecule has 2 aliphatic rings. The van der Waals surface area contributed by atoms with Crippen molar-refractivity contribution in [1.29, 1.82) is 0 Å². The van der Waals surface area contributed by atoms with Gasteiger partial charge in [-0.2, -0.15) is 0 Å². The molecule has 3 rings (SSSR count). The van der Waals surface area contributed by atoms with E-state index in [4.69, 9.17) is 4.74 Å². The van der Waals surface area contributed by atoms with Crippen LogP contribution in [0.3, 0.4) is 0 Å². The Labute approximate surface area is 137 Å². The average molecular weight is 318 g/mol. The Bertz CT molecular complexity index is 612. The minimum Gasteiger partial charge on any atom is -0.444 e. The summed E-state index contributed by atoms with van der Waals surface area (Å²) in [7, 11) is 0. The largest absolute Gasteiger partial charge is 0.444 e. The molecule has 2 fully saturated rings. The predicted octanol–water partition coefficient (Wildman–Crippen LogP) is 3.59. The van der Waals surface area contributed by atoms with E-state index in [0.29, 0.717) is 0 Å². The fraction of sp³-hybridized carbons (Fsp3) is 0.667. The van der Waals surface area contributed by atoms with E-state index >= 15 is 0 Å². The molecule has 0 aromatic carbocycles. The van der Waals surface area contributed by atoms with Crippen molar-refractivity contribution in [3.63, 3.8) is 0 Å². The summed E-state index contributed by atoms with van der Waals surface area (Å²) in [5.41, 5.74) is 1.58. The monoisotopic (exact) mass is 318 g/mol. The minimum atomic E-state index is -0.465. The molecule has 23 heavy (non-hydrogen) atoms. The van der Waals surface area contributed by atoms with E-state index in [0.717, 1.165) is 36.9 Å². The molecule has 0 unspecified atom stereocenters. The fourth-order valence-electron chi connectivity index (χ4n) is 3.98. The van der Waals surface area contributed by atoms with Crippen molar-refractivity contribution in [2.24, 2.45) is 11.3 Å². The number of hydrogen-bond acceptors (Lipinski definition) is 3. The third-order valence-electron chi connectivity index (χ3n) is 5.01. The number of carbonyl (C=O) groups excluding carboxylic acids is 2. The van der Waals surface area contributed by atoms with Crippen molar-refractivity contribution in [3.8, 4) is 0 Å². The number of ketones is 1. The van der Waals surface area contributed by atoms with Gasteiger partial charge in [0.25, 0.3) is 0 Å². The molecule has 2 aliphatic carbocycles. The summed E-state index contributed by atoms with van der Waals surface area (Å²) < 4.78 is 5.28. The Hall–Kier alpha value is -1.78. The van der Waals surface area contributed by atoms with Gasteiger partial charge >= 0.3 is 6.09 Å². The molecule has 126 valence electrons. The number of amides is 1. The van der Waals surface area contributed by atoms with Crippen molar-refractivity contribution in [1.82, 2.24) is 10.3 Å². The second-order valence-corrected chi connectivity index (χ2v) is 8.26. The van der Waals surface area contributed by atoms with Gasteiger partial charge in [0.1, 0.15) is 5.60 Å². The number of H-pyrrole nitrogens is 1. The predicted molar refractivity (Wildman–Crippen MR) is 87.4 cm³/mol. The lowest BCUT2D eigenvalue weighted by Crippen LogP contribution is -2.57. The minimum absolute atomic E-state index is 0.134. The first-order valence-electron chi connectivity index (χ1n) is 8.35. The molecule has 1 aromatic heterocycles. The topological polar surface area (TPSA) is 71.2 Å². The van der Waals surface area contributed by atoms with Gasteiger partial charge in [0.2, 0.25) is 0 Å². The van der Waals surface area contributed by atoms with Crippen LogP contribution in [-0.2, 0) is 4.74 Å². The summed E-state index contributed by atoms with van der Waals surface area (Å²) in [6.45, 7) is 7.54. The van der Waals surface area contributed by atoms with Crippen LogP contribution in [0.4, 0.5) is 4.79 Å². The molecule has 2 N–H and O–H groups in total. The number of aromatic nitrogens is 1. The second-order valence-electron chi connectivity index (χ2n) is 8.26. The Kier molecular flexibility index (Phi) is 3.77. The number of alkyl carbamates (subject to hydrolysis) is 1. The van der Waals surface area contributed by atoms with Crippen molar-refractivity contribution in [2.75, 3.05) is 0 Å². The smallest absolute Gasteiger partial charge is 0.407 e. The van der Waals surface area contributed by atoms with E-state index < -0.39 is 5.60 Å². The Morgan fingerprint density at radius 1 is 1.26 bits per heavy atom. The van der Waals surface area contributed by atoms with Crippen LogP contribution < -0.4 is 5.32 Å². The highest BCUT2D eigenvalue weighted by Gasteiger charge is 2.55. The zero-order chi connectivity index (χ0) is 16.8. The van der Waals surface area contributed by atoms with Crippen LogP contribution in [0.2, 0.25) is 0 Å². The van der Waals surface area contributed by atoms with Gasteiger partial charge in [-0.05, 0) is 70.4 Å². The average Bonchev–Trinajstić information content (AvgIpc) is 2.73. The van der Waals surface area contributed by atoms with Gasteiger partial charge in [0.15, 0.2) is 5.78 Å². The Balaban J connectivity index is 1.44. The highest BCUT2D eigenvalue weighted by atomic mass is 16.6. The van der Waals surface area contributed by atoms with E-state index in [-0.39, 0.29) is 29.3 Å². The van der Waals surface area contributed by atoms with E-state index in [1.165, 1.54) is 0 Å². The van der Waals surface area contributed by atoms with Crippen molar-refractivity contribution in [2.45, 2.75) is 65.0 Å². The SMILES string of the molecule is Cc1cc[nH]c1C(=O)C1CC2(CC(NC(=O)OC(C)(C)C)C2)C1. The molecule has 0 atom stereocenters. The zero-order valence-electron chi connectivity index (χ0n) is 14.4. The third kappa shape index (κ3) is 3.28. The van der Waals surface area contributed by atoms with Crippen molar-refractivity contribution < 1.29 is 14.3 Å². The van der Waals surface area contributed by atoms with Gasteiger partial charge in [0.05, 0.1) is 5.69 Å². The molecule has 1 spiro atoms. The number of carbonyl (C=O) groups is 2. The lowest BCUT2D eigenvalue weighted by molar-refractivity contribution is -0.0412. The van der Waals surface area contributed by atoms with E-state index in [2.05, 4.69) is 10.3 Å². The van der Waals surface area contributed by atoms with Crippen LogP contribution in [0.15, 0.2) is 12.3 Å². The number of aryl methyl sites for hydroxylation is 1. The lowest BCUT2D eigenvalue weighted by Gasteiger charge is -2.57. The summed E-state index contributed by atoms with van der Waals surface area (Å²) in [6, 6.07) is 2.12. The number of ether oxygens (including phenoxy) is 1. The van der Waals surface area contributed by atoms with Crippen molar-refractivity contribution >= 4 is 11.9 Å². The van der Waals surface area contributed by atoms with Gasteiger partial charge in [-0.15, -0.1) is 0 Å². The molecule has 0 saturated heterocycles. The lowest BCUT2D eigenvalue weighted by atomic mass is 9.49. The number of Topliss-reactive ketones (excluding diaryl/α,β-unsaturated/α-hetero) is 1. The maximum atomic E-state index is 12.4. The van der Waals surface area contributed by atoms with Crippen molar-refractivity contribution in [3.05, 3.63) is 23.5 Å². The molecule has 0 aliphatic heterocycles. The van der Waals surface area contributed by atoms with Crippen LogP contribution >= 0.6 is 0 Å². The first kappa shape index (κ1) is 16.1. The molecule has 0 bridgehead atoms. The van der Waals surface area contributed by atoms with Crippen LogP contribution in [-0.4, -0.2) is 28.5 Å². The van der Waals surface area contributed by atoms with Gasteiger partial charge in [0, 0.05) is 18.2 Å². The second kappa shape index (κ2) is 5.39. The van der Waals surface area contributed by atoms with E-state index in [1.54, 1.807) is 0 Å². The molecular weight excluding hydrogens is 292 g/mol. The normalized spacial score (nSPS) is 29.6. The van der Waals surface area contributed by atoms with Crippen LogP contribution in [0.25, 0.3) is 0 Å². The van der Waals surface area contributed by atoms with Crippen LogP contribution in [0.5, 0.6) is 0 Å². The van der Waals surface area contributed by atoms with Gasteiger partial charge < -0.3 is 15.0 Å². The quantitative estimate of drug-likeness (QED) is 0.837. The van der Waals surface area contributed by atoms with Crippen LogP contribution in [0.1, 0.15) is 62.5 Å². The summed E-state index contributed by atoms with van der Waals surface area (Å²) in [5, 5.41) is 2.92. The fourth-order valence-corrected chi connectivity index (χ4v) is 3.98. The highest BCUT2D eigenvalue weighted by molar-refractivity contribution is 5.98. The van der Waals surface area contributed by atoms with Gasteiger partial charge in [-0.25, -0.2) is 4.79 Å². The van der Waals surface area contributed by atoms with Gasteiger partial charge in [-0.3, -0.25) is 4.79 Å². The number of rotatable bonds is 3. The Morgan fingerprint density at radius 3 is 2.43 bits per heavy atom. The Morgan fingerprint density at radius 2 is 1.91 bits per heavy atom. The molecule has 2 saturated carbocycles. The number of nitrogens with one attached hydrogen (secondary N) is 2. The summed E-state index contributed by atoms with van der Waals surface area (Å²) >= 11 is 0. The highest BCUT2D eigenvalue weighted by Crippen LogP contribution is 2.59. The molecule has 1 aromatic rings. The zero-order valence-corrected chi connectivity index (χ0v) is 14.4. The molecule has 5 heteroatoms. The number of hydrogen-bond donors (Lipinski definition) is 2. The molecular formula is C18H26N2O3.